The van der Waals surface area contributed by atoms with E-state index in [1.165, 1.54) is 24.2 Å². The van der Waals surface area contributed by atoms with Crippen molar-refractivity contribution in [2.75, 3.05) is 12.8 Å². The molecule has 3 N–H and O–H groups in total. The number of nitrogens with two attached hydrogens (primary N) is 1. The van der Waals surface area contributed by atoms with Crippen molar-refractivity contribution in [3.63, 3.8) is 0 Å². The molecule has 1 aromatic carbocycles. The van der Waals surface area contributed by atoms with Crippen LogP contribution in [0.25, 0.3) is 21.1 Å². The molecule has 0 radical (unpaired) electrons. The van der Waals surface area contributed by atoms with Gasteiger partial charge in [-0.3, -0.25) is 4.79 Å². The first-order valence-corrected chi connectivity index (χ1v) is 8.95. The minimum atomic E-state index is -0.0796. The standard InChI is InChI=1S/C18H19N3O2S/c1-23-12-6-7-14-10(8-12)9-13-15(19)16(24-18(13)21-14)17(22)20-11-4-2-3-5-11/h6-9,11H,2-5,19H2,1H3,(H,20,22). The number of nitrogens with zero attached hydrogens (tertiary/aromatic N) is 1. The Hall–Kier alpha value is -2.34. The number of rotatable bonds is 3. The minimum absolute atomic E-state index is 0.0796. The number of aromatic nitrogens is 1. The first-order valence-electron chi connectivity index (χ1n) is 8.13. The molecule has 1 aliphatic carbocycles. The number of anilines is 1. The SMILES string of the molecule is COc1ccc2nc3sc(C(=O)NC4CCCC4)c(N)c3cc2c1. The largest absolute Gasteiger partial charge is 0.497 e. The van der Waals surface area contributed by atoms with Crippen LogP contribution in [0.5, 0.6) is 5.75 Å². The Labute approximate surface area is 143 Å². The topological polar surface area (TPSA) is 77.2 Å². The maximum Gasteiger partial charge on any atom is 0.263 e. The number of hydrogen-bond acceptors (Lipinski definition) is 5. The molecule has 1 aliphatic rings. The molecule has 2 aromatic heterocycles. The fourth-order valence-electron chi connectivity index (χ4n) is 3.30. The summed E-state index contributed by atoms with van der Waals surface area (Å²) < 4.78 is 5.26. The molecule has 6 heteroatoms. The van der Waals surface area contributed by atoms with Crippen molar-refractivity contribution in [1.29, 1.82) is 0 Å². The van der Waals surface area contributed by atoms with E-state index in [0.29, 0.717) is 10.6 Å². The van der Waals surface area contributed by atoms with E-state index in [1.807, 2.05) is 24.3 Å². The predicted octanol–water partition coefficient (Wildman–Crippen LogP) is 3.71. The van der Waals surface area contributed by atoms with Crippen LogP contribution in [0.15, 0.2) is 24.3 Å². The van der Waals surface area contributed by atoms with E-state index in [2.05, 4.69) is 10.3 Å². The highest BCUT2D eigenvalue weighted by atomic mass is 32.1. The van der Waals surface area contributed by atoms with Crippen molar-refractivity contribution in [1.82, 2.24) is 10.3 Å². The van der Waals surface area contributed by atoms with Gasteiger partial charge in [0.25, 0.3) is 5.91 Å². The Morgan fingerprint density at radius 2 is 2.12 bits per heavy atom. The van der Waals surface area contributed by atoms with E-state index in [-0.39, 0.29) is 11.9 Å². The molecule has 1 fully saturated rings. The van der Waals surface area contributed by atoms with Gasteiger partial charge in [-0.15, -0.1) is 11.3 Å². The van der Waals surface area contributed by atoms with Crippen molar-refractivity contribution in [3.05, 3.63) is 29.1 Å². The van der Waals surface area contributed by atoms with Crippen molar-refractivity contribution in [3.8, 4) is 5.75 Å². The lowest BCUT2D eigenvalue weighted by Gasteiger charge is -2.10. The van der Waals surface area contributed by atoms with Gasteiger partial charge in [0.05, 0.1) is 18.3 Å². The summed E-state index contributed by atoms with van der Waals surface area (Å²) in [6, 6.07) is 7.99. The lowest BCUT2D eigenvalue weighted by atomic mass is 10.1. The highest BCUT2D eigenvalue weighted by Crippen LogP contribution is 2.35. The average molecular weight is 341 g/mol. The molecule has 124 valence electrons. The van der Waals surface area contributed by atoms with E-state index in [0.717, 1.165) is 39.7 Å². The number of nitrogen functional groups attached to an aromatic ring is 1. The van der Waals surface area contributed by atoms with Crippen molar-refractivity contribution < 1.29 is 9.53 Å². The zero-order chi connectivity index (χ0) is 16.7. The van der Waals surface area contributed by atoms with E-state index in [4.69, 9.17) is 10.5 Å². The highest BCUT2D eigenvalue weighted by molar-refractivity contribution is 7.21. The fourth-order valence-corrected chi connectivity index (χ4v) is 4.29. The quantitative estimate of drug-likeness (QED) is 0.761. The van der Waals surface area contributed by atoms with Crippen LogP contribution in [0.1, 0.15) is 35.4 Å². The van der Waals surface area contributed by atoms with E-state index >= 15 is 0 Å². The Balaban J connectivity index is 1.75. The van der Waals surface area contributed by atoms with Gasteiger partial charge in [-0.05, 0) is 37.1 Å². The number of fused-ring (bicyclic) bond motifs is 2. The zero-order valence-electron chi connectivity index (χ0n) is 13.5. The normalized spacial score (nSPS) is 15.2. The van der Waals surface area contributed by atoms with Crippen molar-refractivity contribution in [2.45, 2.75) is 31.7 Å². The van der Waals surface area contributed by atoms with Crippen LogP contribution in [-0.4, -0.2) is 24.0 Å². The van der Waals surface area contributed by atoms with Gasteiger partial charge in [-0.1, -0.05) is 12.8 Å². The van der Waals surface area contributed by atoms with Gasteiger partial charge < -0.3 is 15.8 Å². The number of benzene rings is 1. The van der Waals surface area contributed by atoms with Gasteiger partial charge in [-0.2, -0.15) is 0 Å². The number of hydrogen-bond donors (Lipinski definition) is 2. The molecule has 0 unspecified atom stereocenters. The maximum absolute atomic E-state index is 12.6. The Morgan fingerprint density at radius 1 is 1.33 bits per heavy atom. The lowest BCUT2D eigenvalue weighted by molar-refractivity contribution is 0.0943. The number of nitrogens with one attached hydrogen (secondary N) is 1. The summed E-state index contributed by atoms with van der Waals surface area (Å²) >= 11 is 1.36. The summed E-state index contributed by atoms with van der Waals surface area (Å²) in [5, 5.41) is 4.88. The minimum Gasteiger partial charge on any atom is -0.497 e. The first kappa shape index (κ1) is 15.2. The van der Waals surface area contributed by atoms with Gasteiger partial charge in [0.2, 0.25) is 0 Å². The van der Waals surface area contributed by atoms with Crippen LogP contribution < -0.4 is 15.8 Å². The maximum atomic E-state index is 12.6. The molecule has 0 spiro atoms. The average Bonchev–Trinajstić information content (AvgIpc) is 3.21. The van der Waals surface area contributed by atoms with Crippen LogP contribution in [0.4, 0.5) is 5.69 Å². The smallest absolute Gasteiger partial charge is 0.263 e. The summed E-state index contributed by atoms with van der Waals surface area (Å²) in [6.07, 6.45) is 4.47. The molecule has 0 bridgehead atoms. The van der Waals surface area contributed by atoms with Crippen molar-refractivity contribution in [2.24, 2.45) is 0 Å². The van der Waals surface area contributed by atoms with Crippen molar-refractivity contribution >= 4 is 44.1 Å². The Bertz CT molecular complexity index is 929. The van der Waals surface area contributed by atoms with Gasteiger partial charge in [0, 0.05) is 16.8 Å². The summed E-state index contributed by atoms with van der Waals surface area (Å²) in [5.41, 5.74) is 7.64. The molecule has 4 rings (SSSR count). The molecule has 1 saturated carbocycles. The van der Waals surface area contributed by atoms with Crippen LogP contribution in [-0.2, 0) is 0 Å². The number of carbonyl (C=O) groups excluding carboxylic acids is 1. The van der Waals surface area contributed by atoms with E-state index in [1.54, 1.807) is 7.11 Å². The third-order valence-electron chi connectivity index (χ3n) is 4.62. The molecule has 0 aliphatic heterocycles. The van der Waals surface area contributed by atoms with E-state index in [9.17, 15) is 4.79 Å². The second-order valence-electron chi connectivity index (χ2n) is 6.20. The molecule has 2 heterocycles. The monoisotopic (exact) mass is 341 g/mol. The Kier molecular flexibility index (Phi) is 3.76. The molecule has 24 heavy (non-hydrogen) atoms. The summed E-state index contributed by atoms with van der Waals surface area (Å²) in [7, 11) is 1.64. The van der Waals surface area contributed by atoms with Gasteiger partial charge in [0.1, 0.15) is 15.5 Å². The van der Waals surface area contributed by atoms with Crippen LogP contribution in [0.2, 0.25) is 0 Å². The first-order chi connectivity index (χ1) is 11.7. The number of ether oxygens (including phenoxy) is 1. The third-order valence-corrected chi connectivity index (χ3v) is 5.73. The second-order valence-corrected chi connectivity index (χ2v) is 7.20. The zero-order valence-corrected chi connectivity index (χ0v) is 14.3. The second kappa shape index (κ2) is 5.94. The summed E-state index contributed by atoms with van der Waals surface area (Å²) in [5.74, 6) is 0.695. The lowest BCUT2D eigenvalue weighted by Crippen LogP contribution is -2.32. The number of amides is 1. The van der Waals surface area contributed by atoms with Crippen LogP contribution >= 0.6 is 11.3 Å². The number of thiophene rings is 1. The Morgan fingerprint density at radius 3 is 2.88 bits per heavy atom. The molecule has 3 aromatic rings. The molecule has 0 atom stereocenters. The molecule has 1 amide bonds. The third kappa shape index (κ3) is 2.57. The van der Waals surface area contributed by atoms with Gasteiger partial charge in [-0.25, -0.2) is 4.98 Å². The summed E-state index contributed by atoms with van der Waals surface area (Å²) in [6.45, 7) is 0. The van der Waals surface area contributed by atoms with Gasteiger partial charge in [0.15, 0.2) is 0 Å². The van der Waals surface area contributed by atoms with Crippen LogP contribution in [0, 0.1) is 0 Å². The molecule has 5 nitrogen and oxygen atoms in total. The van der Waals surface area contributed by atoms with Crippen LogP contribution in [0.3, 0.4) is 0 Å². The molecule has 0 saturated heterocycles. The van der Waals surface area contributed by atoms with E-state index < -0.39 is 0 Å². The highest BCUT2D eigenvalue weighted by Gasteiger charge is 2.22. The molecular weight excluding hydrogens is 322 g/mol. The number of carbonyl (C=O) groups is 1. The fraction of sp³-hybridized carbons (Fsp3) is 0.333. The molecular formula is C18H19N3O2S. The number of methoxy groups -OCH3 is 1. The van der Waals surface area contributed by atoms with Gasteiger partial charge >= 0.3 is 0 Å². The number of pyridine rings is 1. The predicted molar refractivity (Wildman–Crippen MR) is 97.8 cm³/mol. The summed E-state index contributed by atoms with van der Waals surface area (Å²) in [4.78, 5) is 18.6.